The fourth-order valence-electron chi connectivity index (χ4n) is 4.01. The predicted octanol–water partition coefficient (Wildman–Crippen LogP) is 4.67. The molecule has 0 heterocycles. The van der Waals surface area contributed by atoms with Gasteiger partial charge in [-0.2, -0.15) is 0 Å². The molecule has 3 rings (SSSR count). The molecule has 0 saturated heterocycles. The number of amides is 1. The minimum absolute atomic E-state index is 0.0132. The molecule has 0 radical (unpaired) electrons. The molecule has 6 nitrogen and oxygen atoms in total. The van der Waals surface area contributed by atoms with Gasteiger partial charge >= 0.3 is 0 Å². The first-order valence-corrected chi connectivity index (χ1v) is 12.7. The van der Waals surface area contributed by atoms with E-state index in [1.165, 1.54) is 12.1 Å². The SMILES string of the molecule is CCOc1ccc(S(=O)NC2CCC(C(=O)NC(C)c3ccc(F)cc3)CC2)cc1OCC. The van der Waals surface area contributed by atoms with Crippen LogP contribution in [0.2, 0.25) is 0 Å². The lowest BCUT2D eigenvalue weighted by Gasteiger charge is -2.29. The highest BCUT2D eigenvalue weighted by atomic mass is 32.2. The maximum Gasteiger partial charge on any atom is 0.223 e. The van der Waals surface area contributed by atoms with Gasteiger partial charge in [0.1, 0.15) is 16.8 Å². The molecule has 8 heteroatoms. The first-order valence-electron chi connectivity index (χ1n) is 11.5. The van der Waals surface area contributed by atoms with Crippen molar-refractivity contribution < 1.29 is 22.9 Å². The van der Waals surface area contributed by atoms with Crippen molar-refractivity contribution in [1.29, 1.82) is 0 Å². The number of rotatable bonds is 10. The molecule has 1 saturated carbocycles. The summed E-state index contributed by atoms with van der Waals surface area (Å²) >= 11 is 0. The molecule has 33 heavy (non-hydrogen) atoms. The predicted molar refractivity (Wildman–Crippen MR) is 127 cm³/mol. The van der Waals surface area contributed by atoms with Crippen LogP contribution in [-0.2, 0) is 15.8 Å². The lowest BCUT2D eigenvalue weighted by Crippen LogP contribution is -2.39. The highest BCUT2D eigenvalue weighted by Crippen LogP contribution is 2.30. The van der Waals surface area contributed by atoms with Crippen LogP contribution in [0.4, 0.5) is 4.39 Å². The van der Waals surface area contributed by atoms with Gasteiger partial charge in [0.25, 0.3) is 0 Å². The fourth-order valence-corrected chi connectivity index (χ4v) is 5.09. The summed E-state index contributed by atoms with van der Waals surface area (Å²) in [5.41, 5.74) is 0.872. The maximum atomic E-state index is 13.1. The molecule has 2 aromatic carbocycles. The zero-order valence-corrected chi connectivity index (χ0v) is 20.3. The molecule has 0 bridgehead atoms. The van der Waals surface area contributed by atoms with Crippen LogP contribution in [0.5, 0.6) is 11.5 Å². The second-order valence-corrected chi connectivity index (χ2v) is 9.44. The number of nitrogens with one attached hydrogen (secondary N) is 2. The standard InChI is InChI=1S/C25H33FN2O4S/c1-4-31-23-15-14-22(16-24(23)32-5-2)33(30)28-21-12-8-19(9-13-21)25(29)27-17(3)18-6-10-20(26)11-7-18/h6-7,10-11,14-17,19,21,28H,4-5,8-9,12-13H2,1-3H3,(H,27,29). The first kappa shape index (κ1) is 25.2. The third-order valence-corrected chi connectivity index (χ3v) is 7.06. The van der Waals surface area contributed by atoms with E-state index in [1.54, 1.807) is 30.3 Å². The van der Waals surface area contributed by atoms with E-state index in [-0.39, 0.29) is 29.7 Å². The molecule has 2 aromatic rings. The van der Waals surface area contributed by atoms with E-state index in [0.29, 0.717) is 29.6 Å². The Hall–Kier alpha value is -2.45. The van der Waals surface area contributed by atoms with Crippen LogP contribution in [0.15, 0.2) is 47.4 Å². The van der Waals surface area contributed by atoms with Crippen molar-refractivity contribution in [1.82, 2.24) is 10.0 Å². The average Bonchev–Trinajstić information content (AvgIpc) is 2.81. The monoisotopic (exact) mass is 476 g/mol. The molecule has 0 aliphatic heterocycles. The highest BCUT2D eigenvalue weighted by Gasteiger charge is 2.28. The van der Waals surface area contributed by atoms with Crippen molar-refractivity contribution in [2.24, 2.45) is 5.92 Å². The van der Waals surface area contributed by atoms with Crippen LogP contribution in [-0.4, -0.2) is 29.4 Å². The van der Waals surface area contributed by atoms with Crippen LogP contribution in [0.1, 0.15) is 58.1 Å². The van der Waals surface area contributed by atoms with Gasteiger partial charge in [-0.3, -0.25) is 4.79 Å². The summed E-state index contributed by atoms with van der Waals surface area (Å²) in [5, 5.41) is 3.03. The van der Waals surface area contributed by atoms with Gasteiger partial charge in [0, 0.05) is 18.0 Å². The van der Waals surface area contributed by atoms with Gasteiger partial charge in [0.15, 0.2) is 11.5 Å². The second kappa shape index (κ2) is 12.1. The first-order chi connectivity index (χ1) is 15.9. The largest absolute Gasteiger partial charge is 0.490 e. The van der Waals surface area contributed by atoms with E-state index < -0.39 is 11.0 Å². The third-order valence-electron chi connectivity index (χ3n) is 5.83. The Bertz CT molecular complexity index is 946. The molecule has 0 spiro atoms. The number of hydrogen-bond donors (Lipinski definition) is 2. The van der Waals surface area contributed by atoms with E-state index in [2.05, 4.69) is 10.0 Å². The topological polar surface area (TPSA) is 76.7 Å². The van der Waals surface area contributed by atoms with Crippen molar-refractivity contribution in [2.45, 2.75) is 63.4 Å². The van der Waals surface area contributed by atoms with E-state index in [9.17, 15) is 13.4 Å². The lowest BCUT2D eigenvalue weighted by molar-refractivity contribution is -0.126. The Kier molecular flexibility index (Phi) is 9.26. The van der Waals surface area contributed by atoms with Gasteiger partial charge in [-0.05, 0) is 76.3 Å². The average molecular weight is 477 g/mol. The quantitative estimate of drug-likeness (QED) is 0.522. The smallest absolute Gasteiger partial charge is 0.223 e. The van der Waals surface area contributed by atoms with E-state index in [1.807, 2.05) is 20.8 Å². The van der Waals surface area contributed by atoms with Crippen LogP contribution >= 0.6 is 0 Å². The van der Waals surface area contributed by atoms with E-state index in [4.69, 9.17) is 9.47 Å². The van der Waals surface area contributed by atoms with Gasteiger partial charge in [-0.1, -0.05) is 12.1 Å². The molecule has 2 N–H and O–H groups in total. The Labute approximate surface area is 197 Å². The zero-order chi connectivity index (χ0) is 23.8. The van der Waals surface area contributed by atoms with Gasteiger partial charge in [0.05, 0.1) is 24.2 Å². The van der Waals surface area contributed by atoms with Gasteiger partial charge < -0.3 is 14.8 Å². The summed E-state index contributed by atoms with van der Waals surface area (Å²) in [6.45, 7) is 6.72. The molecular formula is C25H33FN2O4S. The van der Waals surface area contributed by atoms with Crippen LogP contribution in [0.25, 0.3) is 0 Å². The third kappa shape index (κ3) is 7.01. The number of carbonyl (C=O) groups excluding carboxylic acids is 1. The normalized spacial score (nSPS) is 20.0. The van der Waals surface area contributed by atoms with Crippen molar-refractivity contribution in [2.75, 3.05) is 13.2 Å². The van der Waals surface area contributed by atoms with Gasteiger partial charge in [0.2, 0.25) is 5.91 Å². The Morgan fingerprint density at radius 3 is 2.30 bits per heavy atom. The molecule has 1 fully saturated rings. The van der Waals surface area contributed by atoms with Crippen LogP contribution in [0, 0.1) is 11.7 Å². The summed E-state index contributed by atoms with van der Waals surface area (Å²) < 4.78 is 40.4. The number of benzene rings is 2. The summed E-state index contributed by atoms with van der Waals surface area (Å²) in [6, 6.07) is 11.4. The Morgan fingerprint density at radius 2 is 1.67 bits per heavy atom. The van der Waals surface area contributed by atoms with E-state index in [0.717, 1.165) is 31.2 Å². The maximum absolute atomic E-state index is 13.1. The number of halogens is 1. The summed E-state index contributed by atoms with van der Waals surface area (Å²) in [6.07, 6.45) is 2.99. The Balaban J connectivity index is 1.50. The fraction of sp³-hybridized carbons (Fsp3) is 0.480. The summed E-state index contributed by atoms with van der Waals surface area (Å²) in [4.78, 5) is 13.3. The number of carbonyl (C=O) groups is 1. The molecule has 1 amide bonds. The van der Waals surface area contributed by atoms with Crippen molar-refractivity contribution in [3.05, 3.63) is 53.8 Å². The van der Waals surface area contributed by atoms with Crippen molar-refractivity contribution in [3.8, 4) is 11.5 Å². The van der Waals surface area contributed by atoms with Gasteiger partial charge in [-0.25, -0.2) is 13.3 Å². The molecule has 2 unspecified atom stereocenters. The zero-order valence-electron chi connectivity index (χ0n) is 19.4. The molecule has 0 aromatic heterocycles. The van der Waals surface area contributed by atoms with E-state index >= 15 is 0 Å². The molecule has 1 aliphatic rings. The highest BCUT2D eigenvalue weighted by molar-refractivity contribution is 7.83. The molecule has 180 valence electrons. The number of ether oxygens (including phenoxy) is 2. The lowest BCUT2D eigenvalue weighted by atomic mass is 9.85. The molecule has 2 atom stereocenters. The minimum Gasteiger partial charge on any atom is -0.490 e. The molecular weight excluding hydrogens is 443 g/mol. The molecule has 1 aliphatic carbocycles. The van der Waals surface area contributed by atoms with Crippen molar-refractivity contribution >= 4 is 16.9 Å². The van der Waals surface area contributed by atoms with Gasteiger partial charge in [-0.15, -0.1) is 0 Å². The number of hydrogen-bond acceptors (Lipinski definition) is 4. The second-order valence-electron chi connectivity index (χ2n) is 8.19. The summed E-state index contributed by atoms with van der Waals surface area (Å²) in [7, 11) is -1.38. The van der Waals surface area contributed by atoms with Crippen LogP contribution < -0.4 is 19.5 Å². The minimum atomic E-state index is -1.38. The van der Waals surface area contributed by atoms with Crippen molar-refractivity contribution in [3.63, 3.8) is 0 Å². The van der Waals surface area contributed by atoms with Crippen LogP contribution in [0.3, 0.4) is 0 Å². The summed E-state index contributed by atoms with van der Waals surface area (Å²) in [5.74, 6) is 0.873. The Morgan fingerprint density at radius 1 is 1.03 bits per heavy atom.